The molecule has 1 aliphatic carbocycles. The summed E-state index contributed by atoms with van der Waals surface area (Å²) in [6.07, 6.45) is 3.36. The number of morpholine rings is 1. The number of carboxylic acid groups (broad SMARTS) is 1. The summed E-state index contributed by atoms with van der Waals surface area (Å²) in [6.45, 7) is 1.57. The Kier molecular flexibility index (Phi) is 2.26. The standard InChI is InChI=1S/C9H15NO3/c11-8(12)4-7-5-10-6-9(13-7)2-1-3-9/h7,10H,1-6H2,(H,11,12). The summed E-state index contributed by atoms with van der Waals surface area (Å²) in [6, 6.07) is 0. The van der Waals surface area contributed by atoms with Crippen molar-refractivity contribution in [1.82, 2.24) is 5.32 Å². The number of aliphatic carboxylic acids is 1. The van der Waals surface area contributed by atoms with Gasteiger partial charge in [0, 0.05) is 13.1 Å². The molecule has 2 aliphatic rings. The highest BCUT2D eigenvalue weighted by molar-refractivity contribution is 5.67. The largest absolute Gasteiger partial charge is 0.481 e. The molecule has 0 aromatic carbocycles. The van der Waals surface area contributed by atoms with Crippen LogP contribution in [0.4, 0.5) is 0 Å². The molecule has 2 rings (SSSR count). The van der Waals surface area contributed by atoms with Gasteiger partial charge in [0.05, 0.1) is 18.1 Å². The predicted molar refractivity (Wildman–Crippen MR) is 46.6 cm³/mol. The van der Waals surface area contributed by atoms with Gasteiger partial charge in [0.1, 0.15) is 0 Å². The second kappa shape index (κ2) is 3.27. The predicted octanol–water partition coefficient (Wildman–Crippen LogP) is 0.372. The molecule has 1 unspecified atom stereocenters. The highest BCUT2D eigenvalue weighted by Gasteiger charge is 2.42. The first kappa shape index (κ1) is 8.97. The van der Waals surface area contributed by atoms with Crippen molar-refractivity contribution >= 4 is 5.97 Å². The van der Waals surface area contributed by atoms with Crippen molar-refractivity contribution in [3.8, 4) is 0 Å². The van der Waals surface area contributed by atoms with Crippen molar-refractivity contribution in [2.45, 2.75) is 37.4 Å². The number of ether oxygens (including phenoxy) is 1. The lowest BCUT2D eigenvalue weighted by molar-refractivity contribution is -0.168. The first-order valence-corrected chi connectivity index (χ1v) is 4.81. The Hall–Kier alpha value is -0.610. The lowest BCUT2D eigenvalue weighted by Crippen LogP contribution is -2.57. The molecular formula is C9H15NO3. The molecule has 1 aliphatic heterocycles. The van der Waals surface area contributed by atoms with E-state index in [9.17, 15) is 4.79 Å². The summed E-state index contributed by atoms with van der Waals surface area (Å²) in [5.74, 6) is -0.775. The van der Waals surface area contributed by atoms with E-state index in [0.717, 1.165) is 19.4 Å². The average Bonchev–Trinajstić information content (AvgIpc) is 2.01. The summed E-state index contributed by atoms with van der Waals surface area (Å²) in [5.41, 5.74) is -0.0155. The summed E-state index contributed by atoms with van der Waals surface area (Å²) in [4.78, 5) is 10.5. The fourth-order valence-electron chi connectivity index (χ4n) is 2.07. The molecule has 4 nitrogen and oxygen atoms in total. The quantitative estimate of drug-likeness (QED) is 0.652. The van der Waals surface area contributed by atoms with Crippen LogP contribution in [0.5, 0.6) is 0 Å². The van der Waals surface area contributed by atoms with Crippen LogP contribution in [0, 0.1) is 0 Å². The van der Waals surface area contributed by atoms with Crippen molar-refractivity contribution in [1.29, 1.82) is 0 Å². The molecule has 0 bridgehead atoms. The van der Waals surface area contributed by atoms with Gasteiger partial charge in [-0.1, -0.05) is 0 Å². The third-order valence-electron chi connectivity index (χ3n) is 2.90. The highest BCUT2D eigenvalue weighted by Crippen LogP contribution is 2.37. The van der Waals surface area contributed by atoms with Crippen molar-refractivity contribution < 1.29 is 14.6 Å². The zero-order chi connectivity index (χ0) is 9.31. The van der Waals surface area contributed by atoms with Gasteiger partial charge < -0.3 is 15.2 Å². The molecule has 0 aromatic heterocycles. The third-order valence-corrected chi connectivity index (χ3v) is 2.90. The SMILES string of the molecule is O=C(O)CC1CNCC2(CCC2)O1. The van der Waals surface area contributed by atoms with Gasteiger partial charge in [0.25, 0.3) is 0 Å². The number of carbonyl (C=O) groups is 1. The van der Waals surface area contributed by atoms with E-state index in [1.54, 1.807) is 0 Å². The van der Waals surface area contributed by atoms with Crippen LogP contribution in [0.25, 0.3) is 0 Å². The van der Waals surface area contributed by atoms with E-state index in [-0.39, 0.29) is 18.1 Å². The zero-order valence-corrected chi connectivity index (χ0v) is 7.58. The molecule has 13 heavy (non-hydrogen) atoms. The number of carboxylic acids is 1. The number of rotatable bonds is 2. The molecule has 0 amide bonds. The molecule has 1 saturated heterocycles. The third kappa shape index (κ3) is 1.84. The van der Waals surface area contributed by atoms with Crippen LogP contribution in [0.2, 0.25) is 0 Å². The molecule has 1 saturated carbocycles. The van der Waals surface area contributed by atoms with Crippen molar-refractivity contribution in [3.05, 3.63) is 0 Å². The number of hydrogen-bond acceptors (Lipinski definition) is 3. The Labute approximate surface area is 77.3 Å². The molecule has 0 radical (unpaired) electrons. The van der Waals surface area contributed by atoms with Crippen molar-refractivity contribution in [2.75, 3.05) is 13.1 Å². The Morgan fingerprint density at radius 3 is 2.92 bits per heavy atom. The molecular weight excluding hydrogens is 170 g/mol. The van der Waals surface area contributed by atoms with Gasteiger partial charge in [-0.3, -0.25) is 4.79 Å². The smallest absolute Gasteiger partial charge is 0.306 e. The van der Waals surface area contributed by atoms with Gasteiger partial charge in [0.15, 0.2) is 0 Å². The van der Waals surface area contributed by atoms with Gasteiger partial charge in [-0.2, -0.15) is 0 Å². The number of nitrogens with one attached hydrogen (secondary N) is 1. The summed E-state index contributed by atoms with van der Waals surface area (Å²) < 4.78 is 5.78. The number of hydrogen-bond donors (Lipinski definition) is 2. The maximum absolute atomic E-state index is 10.5. The summed E-state index contributed by atoms with van der Waals surface area (Å²) in [5, 5.41) is 11.9. The fraction of sp³-hybridized carbons (Fsp3) is 0.889. The fourth-order valence-corrected chi connectivity index (χ4v) is 2.07. The van der Waals surface area contributed by atoms with Gasteiger partial charge >= 0.3 is 5.97 Å². The zero-order valence-electron chi connectivity index (χ0n) is 7.58. The van der Waals surface area contributed by atoms with E-state index in [2.05, 4.69) is 5.32 Å². The van der Waals surface area contributed by atoms with E-state index >= 15 is 0 Å². The molecule has 74 valence electrons. The highest BCUT2D eigenvalue weighted by atomic mass is 16.5. The van der Waals surface area contributed by atoms with Crippen LogP contribution < -0.4 is 5.32 Å². The molecule has 4 heteroatoms. The van der Waals surface area contributed by atoms with E-state index in [1.165, 1.54) is 6.42 Å². The van der Waals surface area contributed by atoms with Gasteiger partial charge in [-0.25, -0.2) is 0 Å². The monoisotopic (exact) mass is 185 g/mol. The van der Waals surface area contributed by atoms with Gasteiger partial charge in [-0.05, 0) is 19.3 Å². The first-order valence-electron chi connectivity index (χ1n) is 4.81. The van der Waals surface area contributed by atoms with E-state index in [4.69, 9.17) is 9.84 Å². The van der Waals surface area contributed by atoms with Crippen LogP contribution in [0.1, 0.15) is 25.7 Å². The van der Waals surface area contributed by atoms with Crippen LogP contribution in [-0.2, 0) is 9.53 Å². The van der Waals surface area contributed by atoms with Crippen LogP contribution in [0.3, 0.4) is 0 Å². The molecule has 2 N–H and O–H groups in total. The Morgan fingerprint density at radius 2 is 2.38 bits per heavy atom. The molecule has 0 aromatic rings. The average molecular weight is 185 g/mol. The summed E-state index contributed by atoms with van der Waals surface area (Å²) in [7, 11) is 0. The maximum atomic E-state index is 10.5. The normalized spacial score (nSPS) is 31.2. The minimum absolute atomic E-state index is 0.0155. The van der Waals surface area contributed by atoms with Gasteiger partial charge in [-0.15, -0.1) is 0 Å². The minimum Gasteiger partial charge on any atom is -0.481 e. The molecule has 1 atom stereocenters. The molecule has 1 spiro atoms. The van der Waals surface area contributed by atoms with E-state index in [0.29, 0.717) is 6.54 Å². The Bertz CT molecular complexity index is 213. The van der Waals surface area contributed by atoms with Crippen LogP contribution in [-0.4, -0.2) is 35.9 Å². The Balaban J connectivity index is 1.88. The van der Waals surface area contributed by atoms with Crippen molar-refractivity contribution in [3.63, 3.8) is 0 Å². The second-order valence-electron chi connectivity index (χ2n) is 4.01. The molecule has 2 fully saturated rings. The first-order chi connectivity index (χ1) is 6.20. The molecule has 1 heterocycles. The van der Waals surface area contributed by atoms with Crippen LogP contribution in [0.15, 0.2) is 0 Å². The second-order valence-corrected chi connectivity index (χ2v) is 4.01. The van der Waals surface area contributed by atoms with E-state index < -0.39 is 5.97 Å². The van der Waals surface area contributed by atoms with Crippen molar-refractivity contribution in [2.24, 2.45) is 0 Å². The lowest BCUT2D eigenvalue weighted by atomic mass is 9.79. The Morgan fingerprint density at radius 1 is 1.62 bits per heavy atom. The summed E-state index contributed by atoms with van der Waals surface area (Å²) >= 11 is 0. The van der Waals surface area contributed by atoms with Gasteiger partial charge in [0.2, 0.25) is 0 Å². The maximum Gasteiger partial charge on any atom is 0.306 e. The lowest BCUT2D eigenvalue weighted by Gasteiger charge is -2.47. The minimum atomic E-state index is -0.775. The topological polar surface area (TPSA) is 58.6 Å². The van der Waals surface area contributed by atoms with E-state index in [1.807, 2.05) is 0 Å². The van der Waals surface area contributed by atoms with Crippen LogP contribution >= 0.6 is 0 Å².